The smallest absolute Gasteiger partial charge is 0.119 e. The third-order valence-electron chi connectivity index (χ3n) is 3.47. The molecule has 1 aromatic rings. The fourth-order valence-corrected chi connectivity index (χ4v) is 2.10. The summed E-state index contributed by atoms with van der Waals surface area (Å²) in [5.74, 6) is 0.951. The number of epoxide rings is 1. The van der Waals surface area contributed by atoms with E-state index >= 15 is 0 Å². The van der Waals surface area contributed by atoms with Crippen LogP contribution in [0.2, 0.25) is 0 Å². The van der Waals surface area contributed by atoms with Gasteiger partial charge >= 0.3 is 0 Å². The molecule has 0 N–H and O–H groups in total. The Hall–Kier alpha value is -1.28. The molecule has 0 bridgehead atoms. The van der Waals surface area contributed by atoms with Gasteiger partial charge in [0.2, 0.25) is 0 Å². The van der Waals surface area contributed by atoms with Crippen molar-refractivity contribution in [3.05, 3.63) is 42.0 Å². The van der Waals surface area contributed by atoms with E-state index in [1.807, 2.05) is 0 Å². The minimum absolute atomic E-state index is 0.329. The lowest BCUT2D eigenvalue weighted by Gasteiger charge is -2.05. The van der Waals surface area contributed by atoms with Crippen molar-refractivity contribution in [2.75, 3.05) is 13.2 Å². The molecule has 1 saturated heterocycles. The first-order chi connectivity index (χ1) is 9.88. The zero-order valence-electron chi connectivity index (χ0n) is 12.5. The fourth-order valence-electron chi connectivity index (χ4n) is 2.10. The van der Waals surface area contributed by atoms with Crippen LogP contribution in [-0.2, 0) is 11.2 Å². The summed E-state index contributed by atoms with van der Waals surface area (Å²) in [6.07, 6.45) is 12.3. The second-order valence-corrected chi connectivity index (χ2v) is 5.42. The minimum atomic E-state index is 0.329. The zero-order valence-corrected chi connectivity index (χ0v) is 12.5. The number of benzene rings is 1. The molecule has 1 heterocycles. The molecule has 0 spiro atoms. The highest BCUT2D eigenvalue weighted by Gasteiger charge is 2.22. The van der Waals surface area contributed by atoms with Crippen LogP contribution in [0.4, 0.5) is 0 Å². The van der Waals surface area contributed by atoms with Crippen LogP contribution in [0.1, 0.15) is 44.6 Å². The van der Waals surface area contributed by atoms with Gasteiger partial charge in [0.25, 0.3) is 0 Å². The summed E-state index contributed by atoms with van der Waals surface area (Å²) in [5.41, 5.74) is 1.40. The van der Waals surface area contributed by atoms with Gasteiger partial charge in [-0.3, -0.25) is 0 Å². The quantitative estimate of drug-likeness (QED) is 0.355. The van der Waals surface area contributed by atoms with Gasteiger partial charge < -0.3 is 9.47 Å². The molecule has 1 aromatic carbocycles. The lowest BCUT2D eigenvalue weighted by Crippen LogP contribution is -2.03. The SMILES string of the molecule is CCC/C=C/CCCCc1ccc(OCC2CO2)cc1. The number of ether oxygens (including phenoxy) is 2. The topological polar surface area (TPSA) is 21.8 Å². The van der Waals surface area contributed by atoms with E-state index in [0.717, 1.165) is 18.8 Å². The Morgan fingerprint density at radius 2 is 1.90 bits per heavy atom. The Morgan fingerprint density at radius 3 is 2.60 bits per heavy atom. The van der Waals surface area contributed by atoms with Crippen molar-refractivity contribution in [1.29, 1.82) is 0 Å². The highest BCUT2D eigenvalue weighted by atomic mass is 16.6. The number of allylic oxidation sites excluding steroid dienone is 2. The lowest BCUT2D eigenvalue weighted by atomic mass is 10.1. The van der Waals surface area contributed by atoms with E-state index in [2.05, 4.69) is 43.3 Å². The maximum absolute atomic E-state index is 5.63. The van der Waals surface area contributed by atoms with E-state index in [1.165, 1.54) is 37.7 Å². The molecule has 0 aromatic heterocycles. The Morgan fingerprint density at radius 1 is 1.15 bits per heavy atom. The zero-order chi connectivity index (χ0) is 14.0. The van der Waals surface area contributed by atoms with Crippen LogP contribution < -0.4 is 4.74 Å². The minimum Gasteiger partial charge on any atom is -0.491 e. The largest absolute Gasteiger partial charge is 0.491 e. The van der Waals surface area contributed by atoms with Gasteiger partial charge in [0.15, 0.2) is 0 Å². The van der Waals surface area contributed by atoms with Gasteiger partial charge in [-0.1, -0.05) is 37.6 Å². The summed E-state index contributed by atoms with van der Waals surface area (Å²) >= 11 is 0. The second-order valence-electron chi connectivity index (χ2n) is 5.42. The summed E-state index contributed by atoms with van der Waals surface area (Å²) in [5, 5.41) is 0. The van der Waals surface area contributed by atoms with E-state index in [4.69, 9.17) is 9.47 Å². The standard InChI is InChI=1S/C18H26O2/c1-2-3-4-5-6-7-8-9-16-10-12-17(13-11-16)19-14-18-15-20-18/h4-5,10-13,18H,2-3,6-9,14-15H2,1H3/b5-4+. The Kier molecular flexibility index (Phi) is 6.65. The number of rotatable bonds is 10. The molecule has 0 aliphatic carbocycles. The Bertz CT molecular complexity index is 390. The average molecular weight is 274 g/mol. The molecular weight excluding hydrogens is 248 g/mol. The summed E-state index contributed by atoms with van der Waals surface area (Å²) in [6, 6.07) is 8.49. The molecule has 2 rings (SSSR count). The molecule has 20 heavy (non-hydrogen) atoms. The molecule has 1 aliphatic rings. The summed E-state index contributed by atoms with van der Waals surface area (Å²) in [4.78, 5) is 0. The Balaban J connectivity index is 1.58. The molecular formula is C18H26O2. The van der Waals surface area contributed by atoms with Crippen molar-refractivity contribution in [2.24, 2.45) is 0 Å². The highest BCUT2D eigenvalue weighted by Crippen LogP contribution is 2.17. The molecule has 2 heteroatoms. The van der Waals surface area contributed by atoms with Crippen molar-refractivity contribution < 1.29 is 9.47 Å². The second kappa shape index (κ2) is 8.80. The molecule has 1 aliphatic heterocycles. The molecule has 2 nitrogen and oxygen atoms in total. The average Bonchev–Trinajstić information content (AvgIpc) is 3.30. The van der Waals surface area contributed by atoms with E-state index in [9.17, 15) is 0 Å². The van der Waals surface area contributed by atoms with Crippen LogP contribution in [0.5, 0.6) is 5.75 Å². The molecule has 0 radical (unpaired) electrons. The van der Waals surface area contributed by atoms with E-state index < -0.39 is 0 Å². The molecule has 1 atom stereocenters. The number of hydrogen-bond acceptors (Lipinski definition) is 2. The summed E-state index contributed by atoms with van der Waals surface area (Å²) < 4.78 is 10.8. The first kappa shape index (κ1) is 15.1. The van der Waals surface area contributed by atoms with Crippen molar-refractivity contribution in [3.8, 4) is 5.75 Å². The molecule has 0 saturated carbocycles. The van der Waals surface area contributed by atoms with Gasteiger partial charge in [-0.25, -0.2) is 0 Å². The van der Waals surface area contributed by atoms with Crippen LogP contribution in [0.25, 0.3) is 0 Å². The molecule has 1 fully saturated rings. The van der Waals surface area contributed by atoms with Crippen LogP contribution in [0.15, 0.2) is 36.4 Å². The first-order valence-corrected chi connectivity index (χ1v) is 7.87. The third-order valence-corrected chi connectivity index (χ3v) is 3.47. The van der Waals surface area contributed by atoms with Crippen LogP contribution >= 0.6 is 0 Å². The number of hydrogen-bond donors (Lipinski definition) is 0. The van der Waals surface area contributed by atoms with Crippen molar-refractivity contribution in [3.63, 3.8) is 0 Å². The van der Waals surface area contributed by atoms with Crippen molar-refractivity contribution in [2.45, 2.75) is 51.6 Å². The molecule has 0 amide bonds. The van der Waals surface area contributed by atoms with Gasteiger partial charge in [-0.2, -0.15) is 0 Å². The first-order valence-electron chi connectivity index (χ1n) is 7.87. The van der Waals surface area contributed by atoms with Gasteiger partial charge in [0, 0.05) is 0 Å². The van der Waals surface area contributed by atoms with Crippen LogP contribution in [0.3, 0.4) is 0 Å². The third kappa shape index (κ3) is 6.25. The monoisotopic (exact) mass is 274 g/mol. The molecule has 1 unspecified atom stereocenters. The predicted molar refractivity (Wildman–Crippen MR) is 83.3 cm³/mol. The maximum Gasteiger partial charge on any atom is 0.119 e. The maximum atomic E-state index is 5.63. The van der Waals surface area contributed by atoms with E-state index in [0.29, 0.717) is 12.7 Å². The fraction of sp³-hybridized carbons (Fsp3) is 0.556. The van der Waals surface area contributed by atoms with Crippen LogP contribution in [0, 0.1) is 0 Å². The van der Waals surface area contributed by atoms with Gasteiger partial charge in [0.1, 0.15) is 18.5 Å². The van der Waals surface area contributed by atoms with Crippen LogP contribution in [-0.4, -0.2) is 19.3 Å². The summed E-state index contributed by atoms with van der Waals surface area (Å²) in [6.45, 7) is 3.75. The normalized spacial score (nSPS) is 17.6. The molecule has 110 valence electrons. The van der Waals surface area contributed by atoms with Gasteiger partial charge in [-0.15, -0.1) is 0 Å². The summed E-state index contributed by atoms with van der Waals surface area (Å²) in [7, 11) is 0. The predicted octanol–water partition coefficient (Wildman–Crippen LogP) is 4.53. The Labute approximate surface area is 122 Å². The van der Waals surface area contributed by atoms with Crippen molar-refractivity contribution in [1.82, 2.24) is 0 Å². The number of unbranched alkanes of at least 4 members (excludes halogenated alkanes) is 3. The van der Waals surface area contributed by atoms with Gasteiger partial charge in [0.05, 0.1) is 6.61 Å². The lowest BCUT2D eigenvalue weighted by molar-refractivity contribution is 0.263. The van der Waals surface area contributed by atoms with E-state index in [1.54, 1.807) is 0 Å². The van der Waals surface area contributed by atoms with Crippen molar-refractivity contribution >= 4 is 0 Å². The van der Waals surface area contributed by atoms with E-state index in [-0.39, 0.29) is 0 Å². The highest BCUT2D eigenvalue weighted by molar-refractivity contribution is 5.27. The number of aryl methyl sites for hydroxylation is 1. The van der Waals surface area contributed by atoms with Gasteiger partial charge in [-0.05, 0) is 49.8 Å².